The molecule has 0 saturated heterocycles. The quantitative estimate of drug-likeness (QED) is 0.750. The number of furan rings is 1. The third-order valence-electron chi connectivity index (χ3n) is 5.01. The summed E-state index contributed by atoms with van der Waals surface area (Å²) in [4.78, 5) is 12.4. The fourth-order valence-corrected chi connectivity index (χ4v) is 4.58. The molecule has 1 aromatic rings. The van der Waals surface area contributed by atoms with E-state index in [1.165, 1.54) is 25.6 Å². The maximum Gasteiger partial charge on any atom is 0.287 e. The molecule has 128 valence electrons. The molecule has 4 N–H and O–H groups in total. The van der Waals surface area contributed by atoms with Crippen LogP contribution in [0.3, 0.4) is 0 Å². The zero-order valence-corrected chi connectivity index (χ0v) is 13.9. The van der Waals surface area contributed by atoms with Crippen molar-refractivity contribution in [3.05, 3.63) is 17.9 Å². The molecule has 2 fully saturated rings. The van der Waals surface area contributed by atoms with Gasteiger partial charge in [-0.25, -0.2) is 13.1 Å². The molecule has 1 amide bonds. The van der Waals surface area contributed by atoms with Crippen molar-refractivity contribution in [1.82, 2.24) is 10.0 Å². The van der Waals surface area contributed by atoms with Crippen LogP contribution in [0.5, 0.6) is 0 Å². The van der Waals surface area contributed by atoms with E-state index in [4.69, 9.17) is 10.2 Å². The second-order valence-corrected chi connectivity index (χ2v) is 8.33. The third kappa shape index (κ3) is 3.29. The number of sulfonamides is 1. The van der Waals surface area contributed by atoms with Gasteiger partial charge in [-0.1, -0.05) is 6.42 Å². The number of hydrogen-bond acceptors (Lipinski definition) is 5. The third-order valence-corrected chi connectivity index (χ3v) is 6.30. The van der Waals surface area contributed by atoms with Crippen LogP contribution in [0.4, 0.5) is 0 Å². The summed E-state index contributed by atoms with van der Waals surface area (Å²) in [5, 5.41) is 2.78. The van der Waals surface area contributed by atoms with Gasteiger partial charge in [0.15, 0.2) is 5.76 Å². The summed E-state index contributed by atoms with van der Waals surface area (Å²) >= 11 is 0. The number of nitrogens with one attached hydrogen (secondary N) is 2. The molecule has 0 aliphatic heterocycles. The van der Waals surface area contributed by atoms with Crippen molar-refractivity contribution in [3.8, 4) is 0 Å². The highest BCUT2D eigenvalue weighted by Crippen LogP contribution is 2.39. The largest absolute Gasteiger partial charge is 0.438 e. The van der Waals surface area contributed by atoms with Crippen LogP contribution in [-0.2, 0) is 10.0 Å². The zero-order valence-electron chi connectivity index (χ0n) is 13.1. The Kier molecular flexibility index (Phi) is 4.48. The fourth-order valence-electron chi connectivity index (χ4n) is 3.93. The second kappa shape index (κ2) is 6.26. The number of hydrogen-bond donors (Lipinski definition) is 3. The van der Waals surface area contributed by atoms with Gasteiger partial charge in [0.05, 0.1) is 0 Å². The Bertz CT molecular complexity index is 671. The molecule has 8 heteroatoms. The number of carbonyl (C=O) groups excluding carboxylic acids is 1. The SMILES string of the molecule is CNS(=O)(=O)c1ccc(C(=O)NC2C3CCCC2CC(N)C3)o1. The van der Waals surface area contributed by atoms with Gasteiger partial charge >= 0.3 is 0 Å². The van der Waals surface area contributed by atoms with E-state index < -0.39 is 10.0 Å². The van der Waals surface area contributed by atoms with Crippen molar-refractivity contribution >= 4 is 15.9 Å². The number of nitrogens with two attached hydrogens (primary N) is 1. The molecule has 1 heterocycles. The van der Waals surface area contributed by atoms with E-state index >= 15 is 0 Å². The van der Waals surface area contributed by atoms with E-state index in [-0.39, 0.29) is 28.8 Å². The molecule has 0 aromatic carbocycles. The van der Waals surface area contributed by atoms with Crippen molar-refractivity contribution in [1.29, 1.82) is 0 Å². The minimum absolute atomic E-state index is 0.0202. The molecule has 2 aliphatic carbocycles. The Labute approximate surface area is 136 Å². The molecular weight excluding hydrogens is 318 g/mol. The standard InChI is InChI=1S/C15H23N3O4S/c1-17-23(20,21)13-6-5-12(22-13)15(19)18-14-9-3-2-4-10(14)8-11(16)7-9/h5-6,9-11,14,17H,2-4,7-8,16H2,1H3,(H,18,19). The van der Waals surface area contributed by atoms with Crippen molar-refractivity contribution < 1.29 is 17.6 Å². The summed E-state index contributed by atoms with van der Waals surface area (Å²) in [6.45, 7) is 0. The lowest BCUT2D eigenvalue weighted by molar-refractivity contribution is 0.0728. The normalized spacial score (nSPS) is 30.9. The van der Waals surface area contributed by atoms with Crippen LogP contribution in [0.2, 0.25) is 0 Å². The molecule has 23 heavy (non-hydrogen) atoms. The maximum absolute atomic E-state index is 12.4. The Morgan fingerprint density at radius 3 is 2.52 bits per heavy atom. The number of amides is 1. The first-order valence-electron chi connectivity index (χ1n) is 8.00. The molecule has 0 spiro atoms. The topological polar surface area (TPSA) is 114 Å². The van der Waals surface area contributed by atoms with Gasteiger partial charge in [-0.15, -0.1) is 0 Å². The molecule has 7 nitrogen and oxygen atoms in total. The summed E-state index contributed by atoms with van der Waals surface area (Å²) in [5.74, 6) is 0.459. The van der Waals surface area contributed by atoms with Crippen molar-refractivity contribution in [2.45, 2.75) is 49.3 Å². The lowest BCUT2D eigenvalue weighted by atomic mass is 9.67. The molecule has 2 saturated carbocycles. The van der Waals surface area contributed by atoms with E-state index in [0.717, 1.165) is 25.7 Å². The molecule has 1 aromatic heterocycles. The van der Waals surface area contributed by atoms with Crippen LogP contribution in [0.1, 0.15) is 42.7 Å². The molecule has 2 atom stereocenters. The first-order chi connectivity index (χ1) is 10.9. The molecule has 0 radical (unpaired) electrons. The molecule has 2 aliphatic rings. The molecular formula is C15H23N3O4S. The van der Waals surface area contributed by atoms with Crippen LogP contribution in [0, 0.1) is 11.8 Å². The highest BCUT2D eigenvalue weighted by atomic mass is 32.2. The zero-order chi connectivity index (χ0) is 16.6. The average Bonchev–Trinajstić information content (AvgIpc) is 2.99. The van der Waals surface area contributed by atoms with Gasteiger partial charge in [-0.3, -0.25) is 4.79 Å². The van der Waals surface area contributed by atoms with Crippen LogP contribution in [-0.4, -0.2) is 33.5 Å². The summed E-state index contributed by atoms with van der Waals surface area (Å²) in [6.07, 6.45) is 5.19. The Morgan fingerprint density at radius 2 is 1.91 bits per heavy atom. The molecule has 2 unspecified atom stereocenters. The lowest BCUT2D eigenvalue weighted by Crippen LogP contribution is -2.53. The fraction of sp³-hybridized carbons (Fsp3) is 0.667. The van der Waals surface area contributed by atoms with Crippen LogP contribution < -0.4 is 15.8 Å². The van der Waals surface area contributed by atoms with Crippen LogP contribution >= 0.6 is 0 Å². The second-order valence-electron chi connectivity index (χ2n) is 6.51. The van der Waals surface area contributed by atoms with Gasteiger partial charge in [0.1, 0.15) is 0 Å². The molecule has 3 rings (SSSR count). The predicted molar refractivity (Wildman–Crippen MR) is 84.2 cm³/mol. The van der Waals surface area contributed by atoms with E-state index in [0.29, 0.717) is 11.8 Å². The Morgan fingerprint density at radius 1 is 1.26 bits per heavy atom. The summed E-state index contributed by atoms with van der Waals surface area (Å²) in [7, 11) is -2.38. The van der Waals surface area contributed by atoms with Gasteiger partial charge in [-0.2, -0.15) is 0 Å². The Balaban J connectivity index is 1.72. The van der Waals surface area contributed by atoms with Crippen molar-refractivity contribution in [2.75, 3.05) is 7.05 Å². The first kappa shape index (κ1) is 16.5. The van der Waals surface area contributed by atoms with Gasteiger partial charge in [0.25, 0.3) is 15.9 Å². The monoisotopic (exact) mass is 341 g/mol. The highest BCUT2D eigenvalue weighted by molar-refractivity contribution is 7.89. The maximum atomic E-state index is 12.4. The van der Waals surface area contributed by atoms with E-state index in [9.17, 15) is 13.2 Å². The predicted octanol–water partition coefficient (Wildman–Crippen LogP) is 0.824. The average molecular weight is 341 g/mol. The Hall–Kier alpha value is -1.38. The van der Waals surface area contributed by atoms with Gasteiger partial charge in [0, 0.05) is 12.1 Å². The van der Waals surface area contributed by atoms with Crippen LogP contribution in [0.15, 0.2) is 21.6 Å². The van der Waals surface area contributed by atoms with Crippen molar-refractivity contribution in [3.63, 3.8) is 0 Å². The van der Waals surface area contributed by atoms with E-state index in [1.807, 2.05) is 0 Å². The molecule has 2 bridgehead atoms. The number of carbonyl (C=O) groups is 1. The number of rotatable bonds is 4. The van der Waals surface area contributed by atoms with Crippen molar-refractivity contribution in [2.24, 2.45) is 17.6 Å². The minimum Gasteiger partial charge on any atom is -0.438 e. The van der Waals surface area contributed by atoms with Gasteiger partial charge < -0.3 is 15.5 Å². The summed E-state index contributed by atoms with van der Waals surface area (Å²) in [5.41, 5.74) is 6.09. The van der Waals surface area contributed by atoms with E-state index in [2.05, 4.69) is 10.0 Å². The summed E-state index contributed by atoms with van der Waals surface area (Å²) in [6, 6.07) is 3.00. The van der Waals surface area contributed by atoms with Gasteiger partial charge in [0.2, 0.25) is 5.09 Å². The minimum atomic E-state index is -3.68. The summed E-state index contributed by atoms with van der Waals surface area (Å²) < 4.78 is 30.7. The smallest absolute Gasteiger partial charge is 0.287 e. The van der Waals surface area contributed by atoms with E-state index in [1.54, 1.807) is 0 Å². The highest BCUT2D eigenvalue weighted by Gasteiger charge is 2.40. The van der Waals surface area contributed by atoms with Crippen LogP contribution in [0.25, 0.3) is 0 Å². The first-order valence-corrected chi connectivity index (χ1v) is 9.49. The number of fused-ring (bicyclic) bond motifs is 2. The van der Waals surface area contributed by atoms with Gasteiger partial charge in [-0.05, 0) is 56.7 Å². The lowest BCUT2D eigenvalue weighted by Gasteiger charge is -2.45.